The van der Waals surface area contributed by atoms with Crippen LogP contribution in [0.4, 0.5) is 21.7 Å². The summed E-state index contributed by atoms with van der Waals surface area (Å²) in [7, 11) is 0. The van der Waals surface area contributed by atoms with Crippen molar-refractivity contribution < 1.29 is 18.7 Å². The normalized spacial score (nSPS) is 18.1. The number of hydrogen-bond acceptors (Lipinski definition) is 9. The van der Waals surface area contributed by atoms with E-state index in [1.165, 1.54) is 12.5 Å². The van der Waals surface area contributed by atoms with Gasteiger partial charge in [-0.15, -0.1) is 0 Å². The summed E-state index contributed by atoms with van der Waals surface area (Å²) in [5.74, 6) is 2.18. The fourth-order valence-electron chi connectivity index (χ4n) is 5.28. The Bertz CT molecular complexity index is 1600. The molecule has 2 bridgehead atoms. The molecule has 0 amide bonds. The maximum atomic E-state index is 13.2. The Labute approximate surface area is 243 Å². The summed E-state index contributed by atoms with van der Waals surface area (Å²) in [5.41, 5.74) is 2.95. The molecule has 10 nitrogen and oxygen atoms in total. The third-order valence-electron chi connectivity index (χ3n) is 7.51. The van der Waals surface area contributed by atoms with E-state index in [4.69, 9.17) is 19.9 Å². The van der Waals surface area contributed by atoms with Gasteiger partial charge in [-0.1, -0.05) is 13.2 Å². The summed E-state index contributed by atoms with van der Waals surface area (Å²) < 4.78 is 25.3. The first-order valence-electron chi connectivity index (χ1n) is 13.7. The van der Waals surface area contributed by atoms with Gasteiger partial charge < -0.3 is 19.7 Å². The number of nitrogens with zero attached hydrogens (tertiary/aromatic N) is 5. The number of carbonyl (C=O) groups excluding carboxylic acids is 1. The molecule has 0 saturated carbocycles. The van der Waals surface area contributed by atoms with Gasteiger partial charge in [-0.25, -0.2) is 24.3 Å². The summed E-state index contributed by atoms with van der Waals surface area (Å²) in [6, 6.07) is 7.57. The molecule has 2 N–H and O–H groups in total. The van der Waals surface area contributed by atoms with Gasteiger partial charge >= 0.3 is 0 Å². The van der Waals surface area contributed by atoms with Gasteiger partial charge in [-0.2, -0.15) is 0 Å². The second-order valence-electron chi connectivity index (χ2n) is 10.2. The number of Topliss-reactive ketones (excluding diaryl/α,β-unsaturated/α-hetero) is 1. The number of nitrogens with one attached hydrogen (secondary N) is 2. The number of pyridine rings is 1. The van der Waals surface area contributed by atoms with E-state index in [0.717, 1.165) is 42.9 Å². The largest absolute Gasteiger partial charge is 0.489 e. The molecule has 3 aromatic rings. The Morgan fingerprint density at radius 3 is 2.98 bits per heavy atom. The van der Waals surface area contributed by atoms with E-state index in [-0.39, 0.29) is 18.3 Å². The maximum Gasteiger partial charge on any atom is 0.190 e. The van der Waals surface area contributed by atoms with Crippen LogP contribution in [0.5, 0.6) is 11.5 Å². The molecule has 2 unspecified atom stereocenters. The number of ketones is 1. The van der Waals surface area contributed by atoms with Gasteiger partial charge in [0.1, 0.15) is 29.7 Å². The third-order valence-corrected chi connectivity index (χ3v) is 7.51. The van der Waals surface area contributed by atoms with Crippen molar-refractivity contribution in [3.63, 3.8) is 0 Å². The molecule has 2 aromatic heterocycles. The van der Waals surface area contributed by atoms with Crippen LogP contribution in [0.3, 0.4) is 0 Å². The molecule has 1 saturated heterocycles. The molecule has 42 heavy (non-hydrogen) atoms. The van der Waals surface area contributed by atoms with Gasteiger partial charge in [0.05, 0.1) is 12.1 Å². The van der Waals surface area contributed by atoms with E-state index in [9.17, 15) is 9.18 Å². The lowest BCUT2D eigenvalue weighted by Crippen LogP contribution is -2.41. The third kappa shape index (κ3) is 6.35. The Hall–Kier alpha value is -4.93. The van der Waals surface area contributed by atoms with Gasteiger partial charge in [-0.3, -0.25) is 10.2 Å². The van der Waals surface area contributed by atoms with Crippen LogP contribution in [0.1, 0.15) is 24.8 Å². The van der Waals surface area contributed by atoms with Gasteiger partial charge in [-0.05, 0) is 61.6 Å². The fraction of sp³-hybridized carbons (Fsp3) is 0.290. The highest BCUT2D eigenvalue weighted by Gasteiger charge is 2.35. The van der Waals surface area contributed by atoms with E-state index >= 15 is 0 Å². The van der Waals surface area contributed by atoms with E-state index in [0.29, 0.717) is 47.1 Å². The smallest absolute Gasteiger partial charge is 0.190 e. The average Bonchev–Trinajstić information content (AvgIpc) is 3.12. The SMILES string of the molecule is C=C/C(=C\C=NC=N)Oc1ccc(Nc2ncnc3cc4c(nc23)N2CCC(CCC(=O)C(=C)F)C(CO4)C2)cc1C. The number of aromatic nitrogens is 3. The number of hydrogen-bond donors (Lipinski definition) is 2. The highest BCUT2D eigenvalue weighted by molar-refractivity contribution is 5.92. The van der Waals surface area contributed by atoms with Crippen molar-refractivity contribution in [2.24, 2.45) is 16.8 Å². The lowest BCUT2D eigenvalue weighted by atomic mass is 9.82. The molecule has 0 aliphatic carbocycles. The molecule has 2 atom stereocenters. The van der Waals surface area contributed by atoms with Crippen LogP contribution in [-0.4, -0.2) is 53.0 Å². The minimum atomic E-state index is -0.876. The molecule has 0 radical (unpaired) electrons. The Morgan fingerprint density at radius 1 is 1.36 bits per heavy atom. The monoisotopic (exact) mass is 569 g/mol. The predicted molar refractivity (Wildman–Crippen MR) is 162 cm³/mol. The molecule has 11 heteroatoms. The number of halogens is 1. The zero-order valence-corrected chi connectivity index (χ0v) is 23.3. The van der Waals surface area contributed by atoms with E-state index in [1.807, 2.05) is 31.2 Å². The van der Waals surface area contributed by atoms with Crippen molar-refractivity contribution in [3.05, 3.63) is 73.1 Å². The predicted octanol–water partition coefficient (Wildman–Crippen LogP) is 5.87. The number of rotatable bonds is 11. The number of piperidine rings is 1. The molecule has 4 heterocycles. The van der Waals surface area contributed by atoms with Gasteiger partial charge in [0.2, 0.25) is 0 Å². The van der Waals surface area contributed by atoms with Crippen LogP contribution in [0.2, 0.25) is 0 Å². The standard InChI is InChI=1S/C31H32FN7O3/c1-4-24(9-11-34-17-33)42-27-8-6-23(13-19(27)2)37-30-29-25(35-18-36-30)14-28-31(38-29)39-12-10-21(22(15-39)16-41-28)5-7-26(40)20(3)32/h4,6,8-9,11,13-14,17-18,21-22,33H,1,3,5,7,10,12,15-16H2,2H3,(H,35,36,37)/b24-9+,33-17?,34-11?. The van der Waals surface area contributed by atoms with Gasteiger partial charge in [0.25, 0.3) is 0 Å². The topological polar surface area (TPSA) is 126 Å². The van der Waals surface area contributed by atoms with E-state index < -0.39 is 11.6 Å². The molecule has 1 aromatic carbocycles. The number of benzene rings is 1. The van der Waals surface area contributed by atoms with Crippen molar-refractivity contribution in [2.75, 3.05) is 29.9 Å². The summed E-state index contributed by atoms with van der Waals surface area (Å²) in [6.45, 7) is 10.8. The molecule has 5 rings (SSSR count). The number of aliphatic imine (C=N–C) groups is 1. The summed E-state index contributed by atoms with van der Waals surface area (Å²) >= 11 is 0. The van der Waals surface area contributed by atoms with Crippen molar-refractivity contribution in [1.82, 2.24) is 15.0 Å². The second-order valence-corrected chi connectivity index (χ2v) is 10.2. The molecule has 216 valence electrons. The first kappa shape index (κ1) is 28.6. The maximum absolute atomic E-state index is 13.2. The van der Waals surface area contributed by atoms with E-state index in [1.54, 1.807) is 12.2 Å². The van der Waals surface area contributed by atoms with Crippen LogP contribution in [-0.2, 0) is 4.79 Å². The minimum Gasteiger partial charge on any atom is -0.489 e. The first-order valence-corrected chi connectivity index (χ1v) is 13.7. The van der Waals surface area contributed by atoms with Gasteiger partial charge in [0.15, 0.2) is 29.0 Å². The highest BCUT2D eigenvalue weighted by Crippen LogP contribution is 2.40. The van der Waals surface area contributed by atoms with Crippen LogP contribution < -0.4 is 19.7 Å². The summed E-state index contributed by atoms with van der Waals surface area (Å²) in [4.78, 5) is 31.6. The summed E-state index contributed by atoms with van der Waals surface area (Å²) in [5, 5.41) is 10.4. The molecule has 1 fully saturated rings. The number of allylic oxidation sites excluding steroid dienone is 3. The lowest BCUT2D eigenvalue weighted by molar-refractivity contribution is -0.117. The molecule has 2 aliphatic heterocycles. The Morgan fingerprint density at radius 2 is 2.21 bits per heavy atom. The fourth-order valence-corrected chi connectivity index (χ4v) is 5.28. The number of ether oxygens (including phenoxy) is 2. The van der Waals surface area contributed by atoms with Crippen molar-refractivity contribution in [1.29, 1.82) is 5.41 Å². The van der Waals surface area contributed by atoms with Crippen molar-refractivity contribution >= 4 is 46.7 Å². The van der Waals surface area contributed by atoms with Crippen LogP contribution in [0.15, 0.2) is 72.5 Å². The average molecular weight is 570 g/mol. The number of aryl methyl sites for hydroxylation is 1. The molecular weight excluding hydrogens is 537 g/mol. The van der Waals surface area contributed by atoms with E-state index in [2.05, 4.69) is 38.3 Å². The zero-order chi connectivity index (χ0) is 29.6. The molecule has 0 spiro atoms. The lowest BCUT2D eigenvalue weighted by Gasteiger charge is -2.36. The highest BCUT2D eigenvalue weighted by atomic mass is 19.1. The Kier molecular flexibility index (Phi) is 8.66. The van der Waals surface area contributed by atoms with Gasteiger partial charge in [0, 0.05) is 43.4 Å². The van der Waals surface area contributed by atoms with Crippen molar-refractivity contribution in [3.8, 4) is 11.5 Å². The first-order chi connectivity index (χ1) is 20.4. The van der Waals surface area contributed by atoms with Crippen LogP contribution in [0, 0.1) is 24.2 Å². The zero-order valence-electron chi connectivity index (χ0n) is 23.3. The second kappa shape index (κ2) is 12.7. The van der Waals surface area contributed by atoms with Crippen LogP contribution in [0.25, 0.3) is 11.0 Å². The molecular formula is C31H32FN7O3. The summed E-state index contributed by atoms with van der Waals surface area (Å²) in [6.07, 6.45) is 8.73. The Balaban J connectivity index is 1.35. The quantitative estimate of drug-likeness (QED) is 0.0966. The number of fused-ring (bicyclic) bond motifs is 5. The van der Waals surface area contributed by atoms with Crippen LogP contribution >= 0.6 is 0 Å². The number of anilines is 3. The number of carbonyl (C=O) groups is 1. The van der Waals surface area contributed by atoms with Crippen molar-refractivity contribution in [2.45, 2.75) is 26.2 Å². The molecule has 2 aliphatic rings. The minimum absolute atomic E-state index is 0.162.